The van der Waals surface area contributed by atoms with Gasteiger partial charge >= 0.3 is 0 Å². The predicted octanol–water partition coefficient (Wildman–Crippen LogP) is 6.54. The first-order valence-corrected chi connectivity index (χ1v) is 13.8. The minimum Gasteiger partial charge on any atom is -0.389 e. The monoisotopic (exact) mass is 458 g/mol. The summed E-state index contributed by atoms with van der Waals surface area (Å²) >= 11 is 0. The van der Waals surface area contributed by atoms with E-state index in [-0.39, 0.29) is 22.9 Å². The predicted molar refractivity (Wildman–Crippen MR) is 136 cm³/mol. The Labute approximate surface area is 203 Å². The molecule has 2 unspecified atom stereocenters. The highest BCUT2D eigenvalue weighted by Gasteiger charge is 2.60. The molecule has 3 fully saturated rings. The van der Waals surface area contributed by atoms with Crippen molar-refractivity contribution in [3.05, 3.63) is 23.3 Å². The molecule has 0 bridgehead atoms. The number of methoxy groups -OCH3 is 1. The van der Waals surface area contributed by atoms with Crippen LogP contribution in [0.5, 0.6) is 0 Å². The standard InChI is InChI=1S/C30H50O3/c1-17(2)18(3)9-10-19(4)22-16-26(33-8)28-27-21(11-13-30(22,28)7)29(6)14-12-24(31)20(5)23(29)15-25(27)32/h17-19,21-26,31-32H,5,9-16H2,1-4,6-8H3/t18-,19-,21?,22-,23?,24+,25-,26+,29-,30-/m1/s1. The summed E-state index contributed by atoms with van der Waals surface area (Å²) < 4.78 is 6.17. The van der Waals surface area contributed by atoms with Gasteiger partial charge in [0.1, 0.15) is 0 Å². The number of aliphatic hydroxyl groups is 2. The summed E-state index contributed by atoms with van der Waals surface area (Å²) in [5, 5.41) is 22.1. The molecule has 4 rings (SSSR count). The van der Waals surface area contributed by atoms with Crippen LogP contribution in [0.1, 0.15) is 92.9 Å². The second-order valence-corrected chi connectivity index (χ2v) is 13.2. The van der Waals surface area contributed by atoms with E-state index in [2.05, 4.69) is 48.1 Å². The van der Waals surface area contributed by atoms with Gasteiger partial charge in [0.2, 0.25) is 0 Å². The normalized spacial score (nSPS) is 45.0. The summed E-state index contributed by atoms with van der Waals surface area (Å²) in [5.41, 5.74) is 3.96. The molecule has 0 radical (unpaired) electrons. The van der Waals surface area contributed by atoms with E-state index >= 15 is 0 Å². The van der Waals surface area contributed by atoms with Crippen molar-refractivity contribution < 1.29 is 14.9 Å². The molecule has 0 heterocycles. The summed E-state index contributed by atoms with van der Waals surface area (Å²) in [6, 6.07) is 0. The quantitative estimate of drug-likeness (QED) is 0.444. The van der Waals surface area contributed by atoms with Gasteiger partial charge in [0.05, 0.1) is 18.3 Å². The zero-order chi connectivity index (χ0) is 24.3. The zero-order valence-electron chi connectivity index (χ0n) is 22.4. The molecule has 0 amide bonds. The molecule has 2 N–H and O–H groups in total. The second-order valence-electron chi connectivity index (χ2n) is 13.2. The molecule has 33 heavy (non-hydrogen) atoms. The Bertz CT molecular complexity index is 783. The smallest absolute Gasteiger partial charge is 0.0793 e. The van der Waals surface area contributed by atoms with Crippen molar-refractivity contribution in [1.29, 1.82) is 0 Å². The van der Waals surface area contributed by atoms with Crippen molar-refractivity contribution in [3.63, 3.8) is 0 Å². The van der Waals surface area contributed by atoms with Gasteiger partial charge in [-0.15, -0.1) is 0 Å². The Morgan fingerprint density at radius 1 is 0.970 bits per heavy atom. The van der Waals surface area contributed by atoms with Gasteiger partial charge in [0.15, 0.2) is 0 Å². The maximum atomic E-state index is 11.6. The van der Waals surface area contributed by atoms with Gasteiger partial charge in [-0.3, -0.25) is 0 Å². The van der Waals surface area contributed by atoms with E-state index in [4.69, 9.17) is 4.74 Å². The molecular weight excluding hydrogens is 408 g/mol. The van der Waals surface area contributed by atoms with Gasteiger partial charge in [-0.05, 0) is 102 Å². The molecule has 188 valence electrons. The Morgan fingerprint density at radius 3 is 2.30 bits per heavy atom. The number of fused-ring (bicyclic) bond motifs is 4. The maximum Gasteiger partial charge on any atom is 0.0793 e. The Hall–Kier alpha value is -0.640. The van der Waals surface area contributed by atoms with Crippen molar-refractivity contribution >= 4 is 0 Å². The molecular formula is C30H50O3. The van der Waals surface area contributed by atoms with Crippen LogP contribution in [-0.4, -0.2) is 35.6 Å². The first-order valence-electron chi connectivity index (χ1n) is 13.8. The lowest BCUT2D eigenvalue weighted by atomic mass is 9.47. The van der Waals surface area contributed by atoms with Gasteiger partial charge in [-0.2, -0.15) is 0 Å². The fraction of sp³-hybridized carbons (Fsp3) is 0.867. The van der Waals surface area contributed by atoms with Crippen molar-refractivity contribution in [2.45, 2.75) is 111 Å². The van der Waals surface area contributed by atoms with E-state index in [1.54, 1.807) is 0 Å². The second kappa shape index (κ2) is 9.10. The summed E-state index contributed by atoms with van der Waals surface area (Å²) in [6.45, 7) is 18.7. The number of ether oxygens (including phenoxy) is 1. The molecule has 10 atom stereocenters. The molecule has 4 aliphatic carbocycles. The van der Waals surface area contributed by atoms with Crippen LogP contribution in [0, 0.1) is 46.3 Å². The Balaban J connectivity index is 1.68. The van der Waals surface area contributed by atoms with Crippen molar-refractivity contribution in [2.24, 2.45) is 46.3 Å². The van der Waals surface area contributed by atoms with Crippen molar-refractivity contribution in [1.82, 2.24) is 0 Å². The van der Waals surface area contributed by atoms with Crippen LogP contribution >= 0.6 is 0 Å². The lowest BCUT2D eigenvalue weighted by Crippen LogP contribution is -2.53. The number of rotatable bonds is 6. The third kappa shape index (κ3) is 3.99. The summed E-state index contributed by atoms with van der Waals surface area (Å²) in [5.74, 6) is 3.38. The van der Waals surface area contributed by atoms with Crippen LogP contribution in [0.2, 0.25) is 0 Å². The topological polar surface area (TPSA) is 49.7 Å². The zero-order valence-corrected chi connectivity index (χ0v) is 22.4. The van der Waals surface area contributed by atoms with E-state index in [1.165, 1.54) is 30.4 Å². The van der Waals surface area contributed by atoms with Crippen LogP contribution in [0.4, 0.5) is 0 Å². The highest BCUT2D eigenvalue weighted by molar-refractivity contribution is 5.41. The highest BCUT2D eigenvalue weighted by Crippen LogP contribution is 2.66. The van der Waals surface area contributed by atoms with E-state index in [9.17, 15) is 10.2 Å². The third-order valence-corrected chi connectivity index (χ3v) is 11.3. The van der Waals surface area contributed by atoms with E-state index in [0.29, 0.717) is 24.2 Å². The minimum absolute atomic E-state index is 0.0912. The first kappa shape index (κ1) is 25.5. The lowest BCUT2D eigenvalue weighted by Gasteiger charge is -2.58. The van der Waals surface area contributed by atoms with Crippen molar-refractivity contribution in [3.8, 4) is 0 Å². The fourth-order valence-electron chi connectivity index (χ4n) is 8.68. The van der Waals surface area contributed by atoms with E-state index < -0.39 is 12.2 Å². The minimum atomic E-state index is -0.433. The lowest BCUT2D eigenvalue weighted by molar-refractivity contribution is -0.0340. The average Bonchev–Trinajstić information content (AvgIpc) is 3.08. The van der Waals surface area contributed by atoms with Gasteiger partial charge in [0.25, 0.3) is 0 Å². The number of hydrogen-bond acceptors (Lipinski definition) is 3. The maximum absolute atomic E-state index is 11.6. The van der Waals surface area contributed by atoms with Crippen LogP contribution in [0.3, 0.4) is 0 Å². The summed E-state index contributed by atoms with van der Waals surface area (Å²) in [6.07, 6.45) is 7.83. The SMILES string of the molecule is C=C1C2C[C@@H](O)C3=C4[C@@H](OC)C[C@H]([C@H](C)CC[C@@H](C)C(C)C)[C@@]4(C)CCC3[C@@]2(C)CC[C@@H]1O. The Kier molecular flexibility index (Phi) is 7.02. The van der Waals surface area contributed by atoms with Gasteiger partial charge in [-0.25, -0.2) is 0 Å². The van der Waals surface area contributed by atoms with E-state index in [0.717, 1.165) is 43.1 Å². The highest BCUT2D eigenvalue weighted by atomic mass is 16.5. The molecule has 3 saturated carbocycles. The largest absolute Gasteiger partial charge is 0.389 e. The molecule has 4 aliphatic rings. The van der Waals surface area contributed by atoms with Crippen LogP contribution in [0.15, 0.2) is 23.3 Å². The van der Waals surface area contributed by atoms with Crippen LogP contribution in [-0.2, 0) is 4.74 Å². The molecule has 0 aliphatic heterocycles. The van der Waals surface area contributed by atoms with Crippen LogP contribution < -0.4 is 0 Å². The third-order valence-electron chi connectivity index (χ3n) is 11.3. The van der Waals surface area contributed by atoms with Crippen molar-refractivity contribution in [2.75, 3.05) is 7.11 Å². The molecule has 3 heteroatoms. The fourth-order valence-corrected chi connectivity index (χ4v) is 8.68. The molecule has 0 aromatic heterocycles. The number of aliphatic hydroxyl groups excluding tert-OH is 2. The summed E-state index contributed by atoms with van der Waals surface area (Å²) in [7, 11) is 1.87. The average molecular weight is 459 g/mol. The van der Waals surface area contributed by atoms with Gasteiger partial charge < -0.3 is 14.9 Å². The first-order chi connectivity index (χ1) is 15.5. The molecule has 0 aromatic rings. The van der Waals surface area contributed by atoms with E-state index in [1.807, 2.05) is 7.11 Å². The Morgan fingerprint density at radius 2 is 1.67 bits per heavy atom. The number of hydrogen-bond donors (Lipinski definition) is 2. The van der Waals surface area contributed by atoms with Crippen LogP contribution in [0.25, 0.3) is 0 Å². The molecule has 3 nitrogen and oxygen atoms in total. The summed E-state index contributed by atoms with van der Waals surface area (Å²) in [4.78, 5) is 0. The van der Waals surface area contributed by atoms with Gasteiger partial charge in [0, 0.05) is 7.11 Å². The molecule has 0 aromatic carbocycles. The van der Waals surface area contributed by atoms with Gasteiger partial charge in [-0.1, -0.05) is 61.0 Å². The molecule has 0 saturated heterocycles. The molecule has 0 spiro atoms.